The van der Waals surface area contributed by atoms with Crippen molar-refractivity contribution in [2.75, 3.05) is 133 Å². The Bertz CT molecular complexity index is 1190. The molecule has 0 aliphatic carbocycles. The van der Waals surface area contributed by atoms with Crippen LogP contribution in [0.25, 0.3) is 0 Å². The molecule has 0 aromatic rings. The number of ether oxygens (including phenoxy) is 7. The van der Waals surface area contributed by atoms with Gasteiger partial charge in [-0.25, -0.2) is 0 Å². The fourth-order valence-electron chi connectivity index (χ4n) is 5.94. The van der Waals surface area contributed by atoms with Gasteiger partial charge >= 0.3 is 5.97 Å². The van der Waals surface area contributed by atoms with Crippen LogP contribution >= 0.6 is 0 Å². The number of unbranched alkanes of at least 4 members (excludes halogenated alkanes) is 13. The topological polar surface area (TPSA) is 285 Å². The van der Waals surface area contributed by atoms with Crippen LogP contribution in [0.4, 0.5) is 0 Å². The van der Waals surface area contributed by atoms with Crippen molar-refractivity contribution in [3.8, 4) is 0 Å². The number of amides is 4. The Balaban J connectivity index is -0.00000128. The van der Waals surface area contributed by atoms with Gasteiger partial charge in [0.25, 0.3) is 0 Å². The number of carbonyl (C=O) groups is 7. The molecule has 0 saturated heterocycles. The van der Waals surface area contributed by atoms with E-state index >= 15 is 0 Å². The van der Waals surface area contributed by atoms with Crippen LogP contribution in [0, 0.1) is 0 Å². The standard InChI is InChI=1S/C29H52N2O8.C18H37N3O7.CH4O/c32-20-22-39-24-23-38-21-19-30-27(34)18-17-26(25-33)31-28(35)15-13-11-9-7-5-3-1-2-4-6-8-10-12-14-16-29(36)37;1-3-7-24-9-5-20-17(22)15-28-14-12-26-10-6-21-18(23)16-27-13-11-25-8-4-19-2;1-2/h20,25-26H,1-19,21-24H2,(H,30,34)(H,31,35)(H,36,37);19H,3-16H2,1-2H3,(H,20,22)(H,21,23);2H,1H3/t26-;;/m0../s1. The molecule has 406 valence electrons. The number of nitrogens with one attached hydrogen (secondary N) is 5. The van der Waals surface area contributed by atoms with E-state index < -0.39 is 12.0 Å². The number of rotatable bonds is 51. The number of likely N-dealkylation sites (N-methyl/N-ethyl adjacent to an activating group) is 1. The summed E-state index contributed by atoms with van der Waals surface area (Å²) in [6.07, 6.45) is 19.1. The number of carbonyl (C=O) groups excluding carboxylic acids is 6. The Labute approximate surface area is 412 Å². The summed E-state index contributed by atoms with van der Waals surface area (Å²) in [5, 5.41) is 29.4. The number of carboxylic acid groups (broad SMARTS) is 1. The predicted octanol–water partition coefficient (Wildman–Crippen LogP) is 2.66. The number of aliphatic hydroxyl groups is 1. The highest BCUT2D eigenvalue weighted by atomic mass is 16.5. The third kappa shape index (κ3) is 62.3. The molecule has 0 fully saturated rings. The average molecular weight is 996 g/mol. The van der Waals surface area contributed by atoms with Gasteiger partial charge in [0, 0.05) is 59.2 Å². The molecule has 0 aromatic heterocycles. The van der Waals surface area contributed by atoms with Crippen molar-refractivity contribution in [2.24, 2.45) is 0 Å². The lowest BCUT2D eigenvalue weighted by molar-refractivity contribution is -0.137. The summed E-state index contributed by atoms with van der Waals surface area (Å²) in [7, 11) is 2.85. The maximum absolute atomic E-state index is 12.1. The first kappa shape index (κ1) is 69.6. The molecule has 0 aliphatic heterocycles. The molecule has 4 amide bonds. The van der Waals surface area contributed by atoms with E-state index in [0.717, 1.165) is 58.6 Å². The van der Waals surface area contributed by atoms with Crippen molar-refractivity contribution in [2.45, 2.75) is 135 Å². The summed E-state index contributed by atoms with van der Waals surface area (Å²) >= 11 is 0. The van der Waals surface area contributed by atoms with Gasteiger partial charge in [-0.2, -0.15) is 0 Å². The Morgan fingerprint density at radius 3 is 1.28 bits per heavy atom. The molecule has 1 atom stereocenters. The average Bonchev–Trinajstić information content (AvgIpc) is 3.34. The van der Waals surface area contributed by atoms with Gasteiger partial charge < -0.3 is 79.5 Å². The Hall–Kier alpha value is -3.67. The first-order valence-electron chi connectivity index (χ1n) is 25.0. The minimum absolute atomic E-state index is 0.00288. The van der Waals surface area contributed by atoms with Crippen LogP contribution in [0.5, 0.6) is 0 Å². The van der Waals surface area contributed by atoms with E-state index in [2.05, 4.69) is 26.6 Å². The van der Waals surface area contributed by atoms with E-state index in [0.29, 0.717) is 111 Å². The number of hydrogen-bond donors (Lipinski definition) is 7. The third-order valence-corrected chi connectivity index (χ3v) is 9.56. The van der Waals surface area contributed by atoms with E-state index in [9.17, 15) is 33.6 Å². The second kappa shape index (κ2) is 60.5. The SMILES string of the molecule is CCCOCCNC(=O)COCCOCCNC(=O)COCCOCCNC.CO.O=CCOCCOCCNC(=O)CC[C@@H](C=O)NC(=O)CCCCCCCCCCCCCCCCC(=O)O. The molecule has 0 rings (SSSR count). The second-order valence-electron chi connectivity index (χ2n) is 15.6. The highest BCUT2D eigenvalue weighted by Crippen LogP contribution is 2.14. The summed E-state index contributed by atoms with van der Waals surface area (Å²) in [5.41, 5.74) is 0. The Kier molecular flexibility index (Phi) is 61.0. The number of hydrogen-bond acceptors (Lipinski definition) is 16. The smallest absolute Gasteiger partial charge is 0.303 e. The number of aliphatic hydroxyl groups excluding tert-OH is 1. The summed E-state index contributed by atoms with van der Waals surface area (Å²) in [6.45, 7) is 8.71. The largest absolute Gasteiger partial charge is 0.481 e. The van der Waals surface area contributed by atoms with Gasteiger partial charge in [-0.15, -0.1) is 0 Å². The molecule has 21 heteroatoms. The van der Waals surface area contributed by atoms with Crippen LogP contribution in [0.1, 0.15) is 129 Å². The lowest BCUT2D eigenvalue weighted by Crippen LogP contribution is -2.37. The van der Waals surface area contributed by atoms with E-state index in [4.69, 9.17) is 43.4 Å². The molecule has 0 spiro atoms. The molecule has 69 heavy (non-hydrogen) atoms. The molecule has 21 nitrogen and oxygen atoms in total. The van der Waals surface area contributed by atoms with E-state index in [1.54, 1.807) is 0 Å². The first-order valence-corrected chi connectivity index (χ1v) is 25.0. The zero-order valence-corrected chi connectivity index (χ0v) is 42.5. The third-order valence-electron chi connectivity index (χ3n) is 9.56. The van der Waals surface area contributed by atoms with Gasteiger partial charge in [-0.05, 0) is 32.7 Å². The fraction of sp³-hybridized carbons (Fsp3) is 0.854. The van der Waals surface area contributed by atoms with Crippen LogP contribution in [-0.2, 0) is 66.7 Å². The molecule has 0 radical (unpaired) electrons. The van der Waals surface area contributed by atoms with E-state index in [1.165, 1.54) is 51.4 Å². The molecule has 7 N–H and O–H groups in total. The minimum Gasteiger partial charge on any atom is -0.481 e. The minimum atomic E-state index is -0.699. The molecular weight excluding hydrogens is 903 g/mol. The summed E-state index contributed by atoms with van der Waals surface area (Å²) in [6, 6.07) is -0.661. The lowest BCUT2D eigenvalue weighted by atomic mass is 10.0. The van der Waals surface area contributed by atoms with Gasteiger partial charge in [0.15, 0.2) is 0 Å². The highest BCUT2D eigenvalue weighted by Gasteiger charge is 2.13. The molecule has 0 heterocycles. The van der Waals surface area contributed by atoms with E-state index in [-0.39, 0.29) is 62.7 Å². The molecule has 0 unspecified atom stereocenters. The van der Waals surface area contributed by atoms with Crippen molar-refractivity contribution in [3.05, 3.63) is 0 Å². The summed E-state index contributed by atoms with van der Waals surface area (Å²) in [5.74, 6) is -1.44. The van der Waals surface area contributed by atoms with Crippen LogP contribution < -0.4 is 26.6 Å². The zero-order valence-electron chi connectivity index (χ0n) is 42.5. The van der Waals surface area contributed by atoms with Gasteiger partial charge in [-0.1, -0.05) is 84.0 Å². The lowest BCUT2D eigenvalue weighted by Gasteiger charge is -2.13. The molecule has 0 saturated carbocycles. The summed E-state index contributed by atoms with van der Waals surface area (Å²) < 4.78 is 36.4. The normalized spacial score (nSPS) is 11.0. The van der Waals surface area contributed by atoms with Crippen LogP contribution in [0.3, 0.4) is 0 Å². The Morgan fingerprint density at radius 2 is 0.855 bits per heavy atom. The van der Waals surface area contributed by atoms with Crippen molar-refractivity contribution in [1.29, 1.82) is 0 Å². The predicted molar refractivity (Wildman–Crippen MR) is 262 cm³/mol. The van der Waals surface area contributed by atoms with Crippen molar-refractivity contribution in [1.82, 2.24) is 26.6 Å². The first-order chi connectivity index (χ1) is 33.7. The molecular formula is C48H93N5O16. The van der Waals surface area contributed by atoms with Crippen LogP contribution in [0.15, 0.2) is 0 Å². The Morgan fingerprint density at radius 1 is 0.464 bits per heavy atom. The molecule has 0 aromatic carbocycles. The maximum atomic E-state index is 12.1. The zero-order chi connectivity index (χ0) is 51.5. The number of carboxylic acids is 1. The van der Waals surface area contributed by atoms with E-state index in [1.807, 2.05) is 14.0 Å². The van der Waals surface area contributed by atoms with Crippen molar-refractivity contribution < 1.29 is 76.9 Å². The van der Waals surface area contributed by atoms with Gasteiger partial charge in [-0.3, -0.25) is 24.0 Å². The van der Waals surface area contributed by atoms with Crippen LogP contribution in [0.2, 0.25) is 0 Å². The number of aldehydes is 2. The monoisotopic (exact) mass is 996 g/mol. The van der Waals surface area contributed by atoms with Gasteiger partial charge in [0.1, 0.15) is 32.4 Å². The highest BCUT2D eigenvalue weighted by molar-refractivity contribution is 5.80. The maximum Gasteiger partial charge on any atom is 0.303 e. The number of aliphatic carboxylic acids is 1. The second-order valence-corrected chi connectivity index (χ2v) is 15.6. The van der Waals surface area contributed by atoms with Gasteiger partial charge in [0.05, 0.1) is 72.1 Å². The van der Waals surface area contributed by atoms with Crippen molar-refractivity contribution in [3.63, 3.8) is 0 Å². The fourth-order valence-corrected chi connectivity index (χ4v) is 5.94. The molecule has 0 bridgehead atoms. The summed E-state index contributed by atoms with van der Waals surface area (Å²) in [4.78, 5) is 78.8. The van der Waals surface area contributed by atoms with Crippen LogP contribution in [-0.4, -0.2) is 191 Å². The van der Waals surface area contributed by atoms with Gasteiger partial charge in [0.2, 0.25) is 23.6 Å². The van der Waals surface area contributed by atoms with Crippen molar-refractivity contribution >= 4 is 42.2 Å². The molecule has 0 aliphatic rings. The quantitative estimate of drug-likeness (QED) is 0.0341.